The van der Waals surface area contributed by atoms with Gasteiger partial charge in [-0.1, -0.05) is 0 Å². The molecule has 0 spiro atoms. The SMILES string of the molecule is CCOC(=O)c1c(C)nn(-c2ncccc2NC(=O)CCC(=O)[O-])c1C. The second-order valence-electron chi connectivity index (χ2n) is 5.47. The Kier molecular flexibility index (Phi) is 6.05. The van der Waals surface area contributed by atoms with Crippen molar-refractivity contribution in [3.8, 4) is 5.82 Å². The van der Waals surface area contributed by atoms with E-state index in [-0.39, 0.29) is 19.4 Å². The minimum Gasteiger partial charge on any atom is -0.550 e. The molecule has 0 fully saturated rings. The maximum absolute atomic E-state index is 12.1. The first kappa shape index (κ1) is 19.1. The molecule has 138 valence electrons. The van der Waals surface area contributed by atoms with Crippen molar-refractivity contribution in [1.29, 1.82) is 0 Å². The van der Waals surface area contributed by atoms with Crippen LogP contribution in [-0.4, -0.2) is 39.2 Å². The zero-order valence-electron chi connectivity index (χ0n) is 14.7. The van der Waals surface area contributed by atoms with Gasteiger partial charge in [-0.2, -0.15) is 5.10 Å². The van der Waals surface area contributed by atoms with Gasteiger partial charge in [0, 0.05) is 18.6 Å². The molecule has 0 aliphatic carbocycles. The van der Waals surface area contributed by atoms with E-state index in [4.69, 9.17) is 4.74 Å². The molecule has 0 radical (unpaired) electrons. The van der Waals surface area contributed by atoms with Crippen molar-refractivity contribution in [3.63, 3.8) is 0 Å². The van der Waals surface area contributed by atoms with Gasteiger partial charge in [-0.05, 0) is 39.3 Å². The molecule has 9 heteroatoms. The van der Waals surface area contributed by atoms with Crippen molar-refractivity contribution in [3.05, 3.63) is 35.3 Å². The van der Waals surface area contributed by atoms with Crippen LogP contribution in [0.1, 0.15) is 41.5 Å². The molecule has 2 heterocycles. The molecule has 2 rings (SSSR count). The summed E-state index contributed by atoms with van der Waals surface area (Å²) in [6, 6.07) is 3.23. The zero-order chi connectivity index (χ0) is 19.3. The van der Waals surface area contributed by atoms with Crippen molar-refractivity contribution < 1.29 is 24.2 Å². The average molecular weight is 359 g/mol. The summed E-state index contributed by atoms with van der Waals surface area (Å²) in [6.45, 7) is 5.33. The number of carboxylic acid groups (broad SMARTS) is 1. The summed E-state index contributed by atoms with van der Waals surface area (Å²) in [5.41, 5.74) is 1.68. The number of aryl methyl sites for hydroxylation is 1. The number of nitrogens with zero attached hydrogens (tertiary/aromatic N) is 3. The normalized spacial score (nSPS) is 10.4. The minimum atomic E-state index is -1.30. The van der Waals surface area contributed by atoms with Crippen molar-refractivity contribution in [2.75, 3.05) is 11.9 Å². The standard InChI is InChI=1S/C17H20N4O5/c1-4-26-17(25)15-10(2)20-21(11(15)3)16-12(6-5-9-18-16)19-13(22)7-8-14(23)24/h5-6,9H,4,7-8H2,1-3H3,(H,19,22)(H,23,24)/p-1. The van der Waals surface area contributed by atoms with Crippen molar-refractivity contribution in [2.24, 2.45) is 0 Å². The number of ether oxygens (including phenoxy) is 1. The van der Waals surface area contributed by atoms with E-state index in [9.17, 15) is 19.5 Å². The first-order chi connectivity index (χ1) is 12.3. The Bertz CT molecular complexity index is 844. The maximum Gasteiger partial charge on any atom is 0.341 e. The fraction of sp³-hybridized carbons (Fsp3) is 0.353. The van der Waals surface area contributed by atoms with E-state index in [1.54, 1.807) is 32.9 Å². The van der Waals surface area contributed by atoms with Gasteiger partial charge < -0.3 is 20.0 Å². The fourth-order valence-corrected chi connectivity index (χ4v) is 2.44. The van der Waals surface area contributed by atoms with Crippen molar-refractivity contribution in [1.82, 2.24) is 14.8 Å². The number of carbonyl (C=O) groups is 3. The number of rotatable bonds is 7. The van der Waals surface area contributed by atoms with Gasteiger partial charge >= 0.3 is 5.97 Å². The number of pyridine rings is 1. The predicted octanol–water partition coefficient (Wildman–Crippen LogP) is 0.529. The van der Waals surface area contributed by atoms with Gasteiger partial charge in [0.05, 0.1) is 23.7 Å². The topological polar surface area (TPSA) is 126 Å². The third kappa shape index (κ3) is 4.24. The molecule has 2 aromatic heterocycles. The molecule has 0 aromatic carbocycles. The first-order valence-corrected chi connectivity index (χ1v) is 8.03. The molecule has 0 atom stereocenters. The lowest BCUT2D eigenvalue weighted by Crippen LogP contribution is -2.24. The summed E-state index contributed by atoms with van der Waals surface area (Å²) >= 11 is 0. The Morgan fingerprint density at radius 1 is 1.27 bits per heavy atom. The molecule has 1 amide bonds. The smallest absolute Gasteiger partial charge is 0.341 e. The third-order valence-corrected chi connectivity index (χ3v) is 3.59. The Hall–Kier alpha value is -3.23. The van der Waals surface area contributed by atoms with Crippen LogP contribution in [-0.2, 0) is 14.3 Å². The lowest BCUT2D eigenvalue weighted by Gasteiger charge is -2.11. The van der Waals surface area contributed by atoms with Crippen LogP contribution in [0.4, 0.5) is 5.69 Å². The third-order valence-electron chi connectivity index (χ3n) is 3.59. The number of carbonyl (C=O) groups excluding carboxylic acids is 3. The predicted molar refractivity (Wildman–Crippen MR) is 89.7 cm³/mol. The highest BCUT2D eigenvalue weighted by Gasteiger charge is 2.22. The summed E-state index contributed by atoms with van der Waals surface area (Å²) in [4.78, 5) is 38.7. The quantitative estimate of drug-likeness (QED) is 0.714. The van der Waals surface area contributed by atoms with E-state index in [2.05, 4.69) is 15.4 Å². The van der Waals surface area contributed by atoms with Crippen LogP contribution in [0.5, 0.6) is 0 Å². The number of aliphatic carboxylic acids is 1. The minimum absolute atomic E-state index is 0.220. The number of nitrogens with one attached hydrogen (secondary N) is 1. The number of hydrogen-bond donors (Lipinski definition) is 1. The van der Waals surface area contributed by atoms with Gasteiger partial charge in [0.2, 0.25) is 5.91 Å². The Morgan fingerprint density at radius 3 is 2.65 bits per heavy atom. The summed E-state index contributed by atoms with van der Waals surface area (Å²) in [5.74, 6) is -1.96. The highest BCUT2D eigenvalue weighted by atomic mass is 16.5. The molecule has 0 aliphatic heterocycles. The number of esters is 1. The Morgan fingerprint density at radius 2 is 2.00 bits per heavy atom. The van der Waals surface area contributed by atoms with Crippen LogP contribution < -0.4 is 10.4 Å². The number of anilines is 1. The van der Waals surface area contributed by atoms with Gasteiger partial charge in [-0.25, -0.2) is 14.5 Å². The molecule has 1 N–H and O–H groups in total. The summed E-state index contributed by atoms with van der Waals surface area (Å²) < 4.78 is 6.48. The van der Waals surface area contributed by atoms with E-state index in [1.165, 1.54) is 10.9 Å². The lowest BCUT2D eigenvalue weighted by atomic mass is 10.2. The van der Waals surface area contributed by atoms with Gasteiger partial charge in [0.1, 0.15) is 5.56 Å². The number of amides is 1. The van der Waals surface area contributed by atoms with Crippen LogP contribution in [0, 0.1) is 13.8 Å². The second-order valence-corrected chi connectivity index (χ2v) is 5.47. The lowest BCUT2D eigenvalue weighted by molar-refractivity contribution is -0.305. The van der Waals surface area contributed by atoms with Crippen molar-refractivity contribution in [2.45, 2.75) is 33.6 Å². The largest absolute Gasteiger partial charge is 0.550 e. The summed E-state index contributed by atoms with van der Waals surface area (Å²) in [7, 11) is 0. The van der Waals surface area contributed by atoms with Gasteiger partial charge in [0.15, 0.2) is 5.82 Å². The molecule has 26 heavy (non-hydrogen) atoms. The van der Waals surface area contributed by atoms with Gasteiger partial charge in [-0.15, -0.1) is 0 Å². The van der Waals surface area contributed by atoms with Crippen LogP contribution in [0.25, 0.3) is 5.82 Å². The first-order valence-electron chi connectivity index (χ1n) is 8.03. The molecule has 0 saturated heterocycles. The van der Waals surface area contributed by atoms with Crippen LogP contribution in [0.15, 0.2) is 18.3 Å². The summed E-state index contributed by atoms with van der Waals surface area (Å²) in [5, 5.41) is 17.4. The Balaban J connectivity index is 2.35. The number of hydrogen-bond acceptors (Lipinski definition) is 7. The molecular weight excluding hydrogens is 340 g/mol. The molecule has 9 nitrogen and oxygen atoms in total. The van der Waals surface area contributed by atoms with Crippen LogP contribution in [0.3, 0.4) is 0 Å². The van der Waals surface area contributed by atoms with Gasteiger partial charge in [0.25, 0.3) is 0 Å². The van der Waals surface area contributed by atoms with E-state index < -0.39 is 17.8 Å². The molecule has 2 aromatic rings. The van der Waals surface area contributed by atoms with Crippen LogP contribution >= 0.6 is 0 Å². The average Bonchev–Trinajstić information content (AvgIpc) is 2.88. The summed E-state index contributed by atoms with van der Waals surface area (Å²) in [6.07, 6.45) is 0.919. The van der Waals surface area contributed by atoms with Gasteiger partial charge in [-0.3, -0.25) is 4.79 Å². The highest BCUT2D eigenvalue weighted by Crippen LogP contribution is 2.23. The zero-order valence-corrected chi connectivity index (χ0v) is 14.7. The molecular formula is C17H19N4O5-. The molecule has 0 unspecified atom stereocenters. The van der Waals surface area contributed by atoms with Crippen LogP contribution in [0.2, 0.25) is 0 Å². The van der Waals surface area contributed by atoms with E-state index in [0.717, 1.165) is 0 Å². The molecule has 0 aliphatic rings. The van der Waals surface area contributed by atoms with Crippen molar-refractivity contribution >= 4 is 23.5 Å². The second kappa shape index (κ2) is 8.24. The van der Waals surface area contributed by atoms with E-state index in [1.807, 2.05) is 0 Å². The molecule has 0 bridgehead atoms. The monoisotopic (exact) mass is 359 g/mol. The van der Waals surface area contributed by atoms with E-state index in [0.29, 0.717) is 28.5 Å². The highest BCUT2D eigenvalue weighted by molar-refractivity contribution is 5.94. The Labute approximate surface area is 150 Å². The van der Waals surface area contributed by atoms with E-state index >= 15 is 0 Å². The number of aromatic nitrogens is 3. The molecule has 0 saturated carbocycles. The fourth-order valence-electron chi connectivity index (χ4n) is 2.44. The number of carboxylic acids is 1. The maximum atomic E-state index is 12.1.